The van der Waals surface area contributed by atoms with Gasteiger partial charge in [-0.3, -0.25) is 4.79 Å². The fourth-order valence-corrected chi connectivity index (χ4v) is 2.12. The molecule has 1 heteroatoms. The molecule has 0 saturated heterocycles. The van der Waals surface area contributed by atoms with Crippen LogP contribution in [0.15, 0.2) is 36.4 Å². The standard InChI is InChI=1S/C16H16O/c1-11-4-7-15(13(3)8-11)16-9-14(10-17)6-5-12(16)2/h4-10H,1-3H3. The average molecular weight is 224 g/mol. The maximum Gasteiger partial charge on any atom is 0.150 e. The molecule has 0 N–H and O–H groups in total. The monoisotopic (exact) mass is 224 g/mol. The molecule has 86 valence electrons. The zero-order chi connectivity index (χ0) is 12.4. The van der Waals surface area contributed by atoms with Crippen LogP contribution in [0.4, 0.5) is 0 Å². The minimum Gasteiger partial charge on any atom is -0.298 e. The Labute approximate surface area is 102 Å². The van der Waals surface area contributed by atoms with E-state index in [0.29, 0.717) is 0 Å². The van der Waals surface area contributed by atoms with Crippen molar-refractivity contribution >= 4 is 6.29 Å². The van der Waals surface area contributed by atoms with Gasteiger partial charge in [-0.1, -0.05) is 35.9 Å². The van der Waals surface area contributed by atoms with Gasteiger partial charge < -0.3 is 0 Å². The lowest BCUT2D eigenvalue weighted by atomic mass is 9.94. The summed E-state index contributed by atoms with van der Waals surface area (Å²) in [6.45, 7) is 6.27. The molecule has 1 nitrogen and oxygen atoms in total. The number of aldehydes is 1. The Morgan fingerprint density at radius 1 is 0.824 bits per heavy atom. The van der Waals surface area contributed by atoms with Crippen molar-refractivity contribution in [1.82, 2.24) is 0 Å². The molecule has 2 rings (SSSR count). The van der Waals surface area contributed by atoms with E-state index >= 15 is 0 Å². The summed E-state index contributed by atoms with van der Waals surface area (Å²) >= 11 is 0. The second-order valence-corrected chi connectivity index (χ2v) is 4.51. The first-order valence-corrected chi connectivity index (χ1v) is 5.75. The summed E-state index contributed by atoms with van der Waals surface area (Å²) in [5.74, 6) is 0. The van der Waals surface area contributed by atoms with Crippen LogP contribution in [0.5, 0.6) is 0 Å². The quantitative estimate of drug-likeness (QED) is 0.702. The Kier molecular flexibility index (Phi) is 3.10. The molecule has 2 aromatic rings. The van der Waals surface area contributed by atoms with Crippen molar-refractivity contribution < 1.29 is 4.79 Å². The maximum absolute atomic E-state index is 10.8. The molecule has 0 fully saturated rings. The number of carbonyl (C=O) groups excluding carboxylic acids is 1. The van der Waals surface area contributed by atoms with Gasteiger partial charge in [0.2, 0.25) is 0 Å². The summed E-state index contributed by atoms with van der Waals surface area (Å²) in [5, 5.41) is 0. The second kappa shape index (κ2) is 4.54. The predicted octanol–water partition coefficient (Wildman–Crippen LogP) is 4.09. The Bertz CT molecular complexity index is 568. The zero-order valence-corrected chi connectivity index (χ0v) is 10.4. The molecule has 0 aliphatic rings. The molecule has 2 aromatic carbocycles. The van der Waals surface area contributed by atoms with Crippen molar-refractivity contribution in [1.29, 1.82) is 0 Å². The Hall–Kier alpha value is -1.89. The highest BCUT2D eigenvalue weighted by molar-refractivity contribution is 5.81. The summed E-state index contributed by atoms with van der Waals surface area (Å²) in [7, 11) is 0. The fourth-order valence-electron chi connectivity index (χ4n) is 2.12. The molecule has 0 aliphatic heterocycles. The first kappa shape index (κ1) is 11.6. The molecule has 17 heavy (non-hydrogen) atoms. The molecule has 0 atom stereocenters. The highest BCUT2D eigenvalue weighted by atomic mass is 16.1. The molecule has 0 spiro atoms. The number of hydrogen-bond acceptors (Lipinski definition) is 1. The van der Waals surface area contributed by atoms with Crippen LogP contribution in [0.3, 0.4) is 0 Å². The van der Waals surface area contributed by atoms with Gasteiger partial charge in [-0.05, 0) is 49.1 Å². The molecule has 0 unspecified atom stereocenters. The number of benzene rings is 2. The van der Waals surface area contributed by atoms with Gasteiger partial charge in [0.25, 0.3) is 0 Å². The topological polar surface area (TPSA) is 17.1 Å². The van der Waals surface area contributed by atoms with Gasteiger partial charge in [-0.25, -0.2) is 0 Å². The van der Waals surface area contributed by atoms with E-state index in [1.54, 1.807) is 0 Å². The highest BCUT2D eigenvalue weighted by Gasteiger charge is 2.06. The highest BCUT2D eigenvalue weighted by Crippen LogP contribution is 2.27. The third kappa shape index (κ3) is 2.28. The summed E-state index contributed by atoms with van der Waals surface area (Å²) < 4.78 is 0. The Morgan fingerprint density at radius 3 is 2.24 bits per heavy atom. The molecule has 0 aromatic heterocycles. The van der Waals surface area contributed by atoms with Crippen molar-refractivity contribution in [3.05, 3.63) is 58.7 Å². The van der Waals surface area contributed by atoms with Crippen molar-refractivity contribution in [2.45, 2.75) is 20.8 Å². The van der Waals surface area contributed by atoms with Crippen LogP contribution in [0, 0.1) is 20.8 Å². The molecular weight excluding hydrogens is 208 g/mol. The van der Waals surface area contributed by atoms with Crippen molar-refractivity contribution in [2.24, 2.45) is 0 Å². The van der Waals surface area contributed by atoms with E-state index in [-0.39, 0.29) is 0 Å². The fraction of sp³-hybridized carbons (Fsp3) is 0.188. The van der Waals surface area contributed by atoms with Crippen LogP contribution < -0.4 is 0 Å². The van der Waals surface area contributed by atoms with Crippen molar-refractivity contribution in [3.63, 3.8) is 0 Å². The molecule has 0 heterocycles. The smallest absolute Gasteiger partial charge is 0.150 e. The SMILES string of the molecule is Cc1ccc(-c2cc(C=O)ccc2C)c(C)c1. The first-order valence-electron chi connectivity index (χ1n) is 5.75. The van der Waals surface area contributed by atoms with E-state index in [4.69, 9.17) is 0 Å². The lowest BCUT2D eigenvalue weighted by Crippen LogP contribution is -1.90. The first-order chi connectivity index (χ1) is 8.11. The summed E-state index contributed by atoms with van der Waals surface area (Å²) in [6.07, 6.45) is 0.895. The third-order valence-electron chi connectivity index (χ3n) is 3.07. The molecule has 0 aliphatic carbocycles. The van der Waals surface area contributed by atoms with Gasteiger partial charge in [0.05, 0.1) is 0 Å². The van der Waals surface area contributed by atoms with Gasteiger partial charge in [0, 0.05) is 5.56 Å². The average Bonchev–Trinajstić information content (AvgIpc) is 2.30. The van der Waals surface area contributed by atoms with E-state index in [0.717, 1.165) is 17.4 Å². The van der Waals surface area contributed by atoms with E-state index in [9.17, 15) is 4.79 Å². The second-order valence-electron chi connectivity index (χ2n) is 4.51. The van der Waals surface area contributed by atoms with Crippen molar-refractivity contribution in [3.8, 4) is 11.1 Å². The lowest BCUT2D eigenvalue weighted by Gasteiger charge is -2.10. The van der Waals surface area contributed by atoms with Crippen LogP contribution >= 0.6 is 0 Å². The number of carbonyl (C=O) groups is 1. The Balaban J connectivity index is 2.63. The molecular formula is C16H16O. The summed E-state index contributed by atoms with van der Waals surface area (Å²) in [5.41, 5.74) is 6.78. The molecule has 0 radical (unpaired) electrons. The van der Waals surface area contributed by atoms with Gasteiger partial charge in [0.15, 0.2) is 0 Å². The zero-order valence-electron chi connectivity index (χ0n) is 10.4. The summed E-state index contributed by atoms with van der Waals surface area (Å²) in [6, 6.07) is 12.2. The predicted molar refractivity (Wildman–Crippen MR) is 71.5 cm³/mol. The molecule has 0 bridgehead atoms. The van der Waals surface area contributed by atoms with Gasteiger partial charge in [-0.2, -0.15) is 0 Å². The lowest BCUT2D eigenvalue weighted by molar-refractivity contribution is 0.112. The van der Waals surface area contributed by atoms with Crippen LogP contribution in [-0.4, -0.2) is 6.29 Å². The van der Waals surface area contributed by atoms with Crippen LogP contribution in [0.1, 0.15) is 27.0 Å². The number of hydrogen-bond donors (Lipinski definition) is 0. The van der Waals surface area contributed by atoms with Gasteiger partial charge in [-0.15, -0.1) is 0 Å². The van der Waals surface area contributed by atoms with Crippen LogP contribution in [-0.2, 0) is 0 Å². The van der Waals surface area contributed by atoms with E-state index < -0.39 is 0 Å². The van der Waals surface area contributed by atoms with Crippen LogP contribution in [0.2, 0.25) is 0 Å². The van der Waals surface area contributed by atoms with E-state index in [2.05, 4.69) is 39.0 Å². The van der Waals surface area contributed by atoms with Crippen molar-refractivity contribution in [2.75, 3.05) is 0 Å². The van der Waals surface area contributed by atoms with Gasteiger partial charge in [0.1, 0.15) is 6.29 Å². The number of rotatable bonds is 2. The van der Waals surface area contributed by atoms with Gasteiger partial charge >= 0.3 is 0 Å². The normalized spacial score (nSPS) is 10.3. The third-order valence-corrected chi connectivity index (χ3v) is 3.07. The van der Waals surface area contributed by atoms with Crippen LogP contribution in [0.25, 0.3) is 11.1 Å². The Morgan fingerprint density at radius 2 is 1.59 bits per heavy atom. The largest absolute Gasteiger partial charge is 0.298 e. The molecule has 0 amide bonds. The van der Waals surface area contributed by atoms with E-state index in [1.165, 1.54) is 22.3 Å². The minimum atomic E-state index is 0.727. The minimum absolute atomic E-state index is 0.727. The molecule has 0 saturated carbocycles. The number of aryl methyl sites for hydroxylation is 3. The summed E-state index contributed by atoms with van der Waals surface area (Å²) in [4.78, 5) is 10.8. The maximum atomic E-state index is 10.8. The van der Waals surface area contributed by atoms with E-state index in [1.807, 2.05) is 18.2 Å².